The molecule has 8 nitrogen and oxygen atoms in total. The van der Waals surface area contributed by atoms with Crippen LogP contribution in [0.25, 0.3) is 22.4 Å². The summed E-state index contributed by atoms with van der Waals surface area (Å²) in [4.78, 5) is 42.8. The van der Waals surface area contributed by atoms with E-state index in [0.29, 0.717) is 35.1 Å². The summed E-state index contributed by atoms with van der Waals surface area (Å²) in [5.74, 6) is 0.566. The summed E-state index contributed by atoms with van der Waals surface area (Å²) in [6, 6.07) is 8.63. The molecule has 2 aliphatic heterocycles. The van der Waals surface area contributed by atoms with Gasteiger partial charge in [-0.25, -0.2) is 4.98 Å². The number of rotatable bonds is 8. The van der Waals surface area contributed by atoms with Crippen LogP contribution >= 0.6 is 11.3 Å². The molecule has 1 fully saturated rings. The maximum Gasteiger partial charge on any atom is 0.261 e. The van der Waals surface area contributed by atoms with E-state index in [1.807, 2.05) is 23.1 Å². The molecule has 4 aromatic rings. The van der Waals surface area contributed by atoms with E-state index < -0.39 is 0 Å². The van der Waals surface area contributed by atoms with Gasteiger partial charge in [0, 0.05) is 54.8 Å². The van der Waals surface area contributed by atoms with Gasteiger partial charge in [0.05, 0.1) is 16.7 Å². The van der Waals surface area contributed by atoms with Crippen LogP contribution in [0.15, 0.2) is 40.6 Å². The highest BCUT2D eigenvalue weighted by Gasteiger charge is 2.30. The zero-order valence-electron chi connectivity index (χ0n) is 22.1. The highest BCUT2D eigenvalue weighted by Crippen LogP contribution is 2.31. The highest BCUT2D eigenvalue weighted by molar-refractivity contribution is 7.10. The van der Waals surface area contributed by atoms with Gasteiger partial charge in [0.1, 0.15) is 11.4 Å². The van der Waals surface area contributed by atoms with Crippen LogP contribution in [0.4, 0.5) is 5.69 Å². The summed E-state index contributed by atoms with van der Waals surface area (Å²) in [6.45, 7) is 9.90. The minimum atomic E-state index is -0.209. The van der Waals surface area contributed by atoms with Gasteiger partial charge in [-0.05, 0) is 80.9 Å². The van der Waals surface area contributed by atoms with Gasteiger partial charge in [0.2, 0.25) is 0 Å². The smallest absolute Gasteiger partial charge is 0.261 e. The maximum absolute atomic E-state index is 13.2. The first-order chi connectivity index (χ1) is 18.4. The summed E-state index contributed by atoms with van der Waals surface area (Å²) >= 11 is 1.76. The van der Waals surface area contributed by atoms with Gasteiger partial charge < -0.3 is 20.2 Å². The van der Waals surface area contributed by atoms with E-state index in [2.05, 4.69) is 52.4 Å². The number of nitrogens with zero attached hydrogens (tertiary/aromatic N) is 3. The van der Waals surface area contributed by atoms with Crippen LogP contribution in [0.3, 0.4) is 0 Å². The van der Waals surface area contributed by atoms with Crippen molar-refractivity contribution in [1.82, 2.24) is 24.8 Å². The van der Waals surface area contributed by atoms with Gasteiger partial charge in [-0.2, -0.15) is 0 Å². The number of aromatic nitrogens is 3. The molecule has 2 atom stereocenters. The molecule has 198 valence electrons. The predicted molar refractivity (Wildman–Crippen MR) is 153 cm³/mol. The lowest BCUT2D eigenvalue weighted by atomic mass is 10.1. The number of H-pyrrole nitrogens is 2. The molecule has 0 saturated carbocycles. The first-order valence-electron chi connectivity index (χ1n) is 13.4. The minimum Gasteiger partial charge on any atom is -0.381 e. The van der Waals surface area contributed by atoms with Crippen LogP contribution in [0.5, 0.6) is 0 Å². The molecule has 0 aliphatic carbocycles. The predicted octanol–water partition coefficient (Wildman–Crippen LogP) is 4.77. The van der Waals surface area contributed by atoms with Crippen LogP contribution in [0, 0.1) is 6.92 Å². The number of aromatic amines is 2. The van der Waals surface area contributed by atoms with Crippen LogP contribution in [0.1, 0.15) is 53.1 Å². The number of hydrogen-bond acceptors (Lipinski definition) is 6. The largest absolute Gasteiger partial charge is 0.381 e. The summed E-state index contributed by atoms with van der Waals surface area (Å²) in [7, 11) is 0. The van der Waals surface area contributed by atoms with Crippen molar-refractivity contribution in [2.75, 3.05) is 25.0 Å². The van der Waals surface area contributed by atoms with Gasteiger partial charge in [0.25, 0.3) is 11.5 Å². The Kier molecular flexibility index (Phi) is 6.57. The number of likely N-dealkylation sites (tertiary alicyclic amines) is 1. The van der Waals surface area contributed by atoms with Crippen LogP contribution in [-0.4, -0.2) is 62.4 Å². The number of nitrogens with one attached hydrogen (secondary N) is 3. The fourth-order valence-corrected chi connectivity index (χ4v) is 6.83. The second-order valence-corrected chi connectivity index (χ2v) is 11.7. The second-order valence-electron chi connectivity index (χ2n) is 10.7. The van der Waals surface area contributed by atoms with Crippen molar-refractivity contribution in [2.45, 2.75) is 58.7 Å². The Morgan fingerprint density at radius 3 is 2.87 bits per heavy atom. The topological polar surface area (TPSA) is 97.1 Å². The Morgan fingerprint density at radius 1 is 1.24 bits per heavy atom. The van der Waals surface area contributed by atoms with Gasteiger partial charge in [-0.1, -0.05) is 0 Å². The van der Waals surface area contributed by atoms with Crippen LogP contribution in [0.2, 0.25) is 0 Å². The Morgan fingerprint density at radius 2 is 2.11 bits per heavy atom. The number of anilines is 1. The van der Waals surface area contributed by atoms with Crippen LogP contribution in [-0.2, 0) is 13.0 Å². The van der Waals surface area contributed by atoms with E-state index in [-0.39, 0.29) is 17.5 Å². The Hall–Kier alpha value is -3.43. The third kappa shape index (κ3) is 4.65. The van der Waals surface area contributed by atoms with Crippen molar-refractivity contribution < 1.29 is 4.79 Å². The number of pyridine rings is 1. The molecule has 9 heteroatoms. The quantitative estimate of drug-likeness (QED) is 0.305. The highest BCUT2D eigenvalue weighted by atomic mass is 32.1. The van der Waals surface area contributed by atoms with Gasteiger partial charge in [-0.3, -0.25) is 14.5 Å². The summed E-state index contributed by atoms with van der Waals surface area (Å²) in [6.07, 6.45) is 5.01. The number of amides is 1. The van der Waals surface area contributed by atoms with Crippen molar-refractivity contribution >= 4 is 34.0 Å². The first-order valence-corrected chi connectivity index (χ1v) is 14.3. The Balaban J connectivity index is 1.23. The molecule has 0 bridgehead atoms. The molecule has 2 unspecified atom stereocenters. The fourth-order valence-electron chi connectivity index (χ4n) is 5.79. The lowest BCUT2D eigenvalue weighted by molar-refractivity contribution is 0.0756. The van der Waals surface area contributed by atoms with Gasteiger partial charge in [-0.15, -0.1) is 11.3 Å². The van der Waals surface area contributed by atoms with Crippen molar-refractivity contribution in [3.63, 3.8) is 0 Å². The zero-order chi connectivity index (χ0) is 26.4. The molecule has 1 aromatic carbocycles. The number of aryl methyl sites for hydroxylation is 1. The summed E-state index contributed by atoms with van der Waals surface area (Å²) < 4.78 is 0. The number of hydrogen-bond donors (Lipinski definition) is 3. The SMILES string of the molecule is Cc1ccsc1CC(C)Nc1cc[nH]c(=O)c1-c1nc2cc3c(cc2[nH]1)CN(CCN1CCCC1C)C3=O. The standard InChI is InChI=1S/C29H34N6O2S/c1-17-7-12-38-25(17)13-18(2)31-22-6-8-30-28(36)26(22)27-32-23-14-20-16-35(11-10-34-9-4-5-19(34)3)29(37)21(20)15-24(23)33-27/h6-8,12,14-15,18-19H,4-5,9-11,13,16H2,1-3H3,(H,32,33)(H2,30,31,36). The Labute approximate surface area is 226 Å². The number of thiophene rings is 1. The van der Waals surface area contributed by atoms with Crippen molar-refractivity contribution in [1.29, 1.82) is 0 Å². The third-order valence-electron chi connectivity index (χ3n) is 7.99. The monoisotopic (exact) mass is 530 g/mol. The van der Waals surface area contributed by atoms with E-state index in [0.717, 1.165) is 42.8 Å². The molecule has 1 amide bonds. The average molecular weight is 531 g/mol. The van der Waals surface area contributed by atoms with Crippen molar-refractivity contribution in [3.05, 3.63) is 67.8 Å². The van der Waals surface area contributed by atoms with Crippen molar-refractivity contribution in [2.24, 2.45) is 0 Å². The molecule has 5 heterocycles. The Bertz CT molecular complexity index is 1550. The zero-order valence-corrected chi connectivity index (χ0v) is 23.0. The first kappa shape index (κ1) is 24.9. The van der Waals surface area contributed by atoms with E-state index in [1.54, 1.807) is 17.5 Å². The number of imidazole rings is 1. The fraction of sp³-hybridized carbons (Fsp3) is 0.414. The molecule has 1 saturated heterocycles. The van der Waals surface area contributed by atoms with E-state index in [1.165, 1.54) is 23.3 Å². The van der Waals surface area contributed by atoms with Crippen LogP contribution < -0.4 is 10.9 Å². The van der Waals surface area contributed by atoms with E-state index in [4.69, 9.17) is 4.98 Å². The third-order valence-corrected chi connectivity index (χ3v) is 9.04. The average Bonchev–Trinajstić information content (AvgIpc) is 3.65. The maximum atomic E-state index is 13.2. The van der Waals surface area contributed by atoms with Crippen molar-refractivity contribution in [3.8, 4) is 11.4 Å². The molecular weight excluding hydrogens is 496 g/mol. The molecular formula is C29H34N6O2S. The van der Waals surface area contributed by atoms with Gasteiger partial charge in [0.15, 0.2) is 0 Å². The molecule has 38 heavy (non-hydrogen) atoms. The number of benzene rings is 1. The molecule has 6 rings (SSSR count). The normalized spacial score (nSPS) is 18.4. The summed E-state index contributed by atoms with van der Waals surface area (Å²) in [5.41, 5.74) is 5.54. The van der Waals surface area contributed by atoms with E-state index >= 15 is 0 Å². The molecule has 3 aromatic heterocycles. The molecule has 3 N–H and O–H groups in total. The lowest BCUT2D eigenvalue weighted by Crippen LogP contribution is -2.36. The summed E-state index contributed by atoms with van der Waals surface area (Å²) in [5, 5.41) is 5.63. The molecule has 0 spiro atoms. The number of carbonyl (C=O) groups excluding carboxylic acids is 1. The molecule has 2 aliphatic rings. The molecule has 0 radical (unpaired) electrons. The second kappa shape index (κ2) is 10.0. The lowest BCUT2D eigenvalue weighted by Gasteiger charge is -2.24. The minimum absolute atomic E-state index is 0.0657. The van der Waals surface area contributed by atoms with Gasteiger partial charge >= 0.3 is 0 Å². The number of fused-ring (bicyclic) bond motifs is 2. The number of carbonyl (C=O) groups is 1. The van der Waals surface area contributed by atoms with E-state index in [9.17, 15) is 9.59 Å².